The second-order valence-electron chi connectivity index (χ2n) is 8.77. The van der Waals surface area contributed by atoms with Gasteiger partial charge in [0.25, 0.3) is 11.8 Å². The van der Waals surface area contributed by atoms with E-state index < -0.39 is 5.91 Å². The molecule has 1 atom stereocenters. The van der Waals surface area contributed by atoms with E-state index in [1.54, 1.807) is 50.6 Å². The molecule has 1 aliphatic heterocycles. The SMILES string of the molecule is COCCOc1ccc(Nc2nc(N3CCCC(NC(=O)c4ccc(OC)cc4)C3)cnc2C(N)=O)cc1. The molecule has 0 spiro atoms. The molecule has 200 valence electrons. The van der Waals surface area contributed by atoms with Gasteiger partial charge in [-0.3, -0.25) is 9.59 Å². The molecule has 3 aromatic rings. The smallest absolute Gasteiger partial charge is 0.271 e. The lowest BCUT2D eigenvalue weighted by molar-refractivity contribution is 0.0931. The van der Waals surface area contributed by atoms with Gasteiger partial charge in [0.15, 0.2) is 11.5 Å². The van der Waals surface area contributed by atoms with E-state index in [0.29, 0.717) is 48.3 Å². The van der Waals surface area contributed by atoms with Crippen molar-refractivity contribution in [1.82, 2.24) is 15.3 Å². The number of rotatable bonds is 11. The van der Waals surface area contributed by atoms with Crippen molar-refractivity contribution in [3.8, 4) is 11.5 Å². The van der Waals surface area contributed by atoms with Crippen LogP contribution in [0.25, 0.3) is 0 Å². The average Bonchev–Trinajstić information content (AvgIpc) is 2.94. The molecule has 4 rings (SSSR count). The normalized spacial score (nSPS) is 15.0. The number of nitrogens with one attached hydrogen (secondary N) is 2. The Bertz CT molecular complexity index is 1240. The summed E-state index contributed by atoms with van der Waals surface area (Å²) in [5.74, 6) is 1.40. The van der Waals surface area contributed by atoms with Gasteiger partial charge in [-0.05, 0) is 61.4 Å². The number of methoxy groups -OCH3 is 2. The quantitative estimate of drug-likeness (QED) is 0.325. The van der Waals surface area contributed by atoms with Crippen molar-refractivity contribution in [2.45, 2.75) is 18.9 Å². The highest BCUT2D eigenvalue weighted by molar-refractivity contribution is 5.96. The third-order valence-electron chi connectivity index (χ3n) is 6.10. The van der Waals surface area contributed by atoms with Crippen LogP contribution in [0.4, 0.5) is 17.3 Å². The van der Waals surface area contributed by atoms with E-state index in [0.717, 1.165) is 19.4 Å². The standard InChI is InChI=1S/C27H32N6O5/c1-36-14-15-38-22-11-7-19(8-12-22)30-26-24(25(28)34)29-16-23(32-26)33-13-3-4-20(17-33)31-27(35)18-5-9-21(37-2)10-6-18/h5-12,16,20H,3-4,13-15,17H2,1-2H3,(H2,28,34)(H,30,32)(H,31,35). The zero-order chi connectivity index (χ0) is 26.9. The van der Waals surface area contributed by atoms with Crippen molar-refractivity contribution in [2.75, 3.05) is 50.7 Å². The maximum Gasteiger partial charge on any atom is 0.271 e. The number of nitrogens with zero attached hydrogens (tertiary/aromatic N) is 3. The van der Waals surface area contributed by atoms with Crippen LogP contribution in [0.1, 0.15) is 33.7 Å². The lowest BCUT2D eigenvalue weighted by Gasteiger charge is -2.34. The van der Waals surface area contributed by atoms with Crippen molar-refractivity contribution in [2.24, 2.45) is 5.73 Å². The lowest BCUT2D eigenvalue weighted by atomic mass is 10.0. The van der Waals surface area contributed by atoms with Crippen molar-refractivity contribution in [3.63, 3.8) is 0 Å². The molecule has 2 aromatic carbocycles. The molecule has 0 radical (unpaired) electrons. The molecule has 38 heavy (non-hydrogen) atoms. The van der Waals surface area contributed by atoms with Gasteiger partial charge >= 0.3 is 0 Å². The molecule has 2 heterocycles. The Morgan fingerprint density at radius 1 is 1.05 bits per heavy atom. The highest BCUT2D eigenvalue weighted by Crippen LogP contribution is 2.25. The van der Waals surface area contributed by atoms with Crippen LogP contribution in [-0.4, -0.2) is 68.3 Å². The van der Waals surface area contributed by atoms with Crippen LogP contribution in [0.15, 0.2) is 54.7 Å². The average molecular weight is 521 g/mol. The number of carbonyl (C=O) groups excluding carboxylic acids is 2. The first-order valence-corrected chi connectivity index (χ1v) is 12.3. The maximum atomic E-state index is 12.8. The van der Waals surface area contributed by atoms with E-state index in [4.69, 9.17) is 19.9 Å². The third kappa shape index (κ3) is 6.88. The lowest BCUT2D eigenvalue weighted by Crippen LogP contribution is -2.48. The number of amides is 2. The summed E-state index contributed by atoms with van der Waals surface area (Å²) in [7, 11) is 3.20. The van der Waals surface area contributed by atoms with Gasteiger partial charge in [-0.15, -0.1) is 0 Å². The Morgan fingerprint density at radius 2 is 1.79 bits per heavy atom. The molecule has 11 heteroatoms. The van der Waals surface area contributed by atoms with E-state index >= 15 is 0 Å². The molecule has 1 fully saturated rings. The van der Waals surface area contributed by atoms with Gasteiger partial charge in [0.2, 0.25) is 0 Å². The van der Waals surface area contributed by atoms with E-state index in [9.17, 15) is 9.59 Å². The van der Waals surface area contributed by atoms with E-state index in [1.165, 1.54) is 6.20 Å². The molecule has 1 aromatic heterocycles. The second-order valence-corrected chi connectivity index (χ2v) is 8.77. The molecule has 2 amide bonds. The van der Waals surface area contributed by atoms with Crippen molar-refractivity contribution in [3.05, 3.63) is 66.0 Å². The number of hydrogen-bond acceptors (Lipinski definition) is 9. The molecule has 0 saturated carbocycles. The van der Waals surface area contributed by atoms with Gasteiger partial charge in [-0.25, -0.2) is 9.97 Å². The number of carbonyl (C=O) groups is 2. The maximum absolute atomic E-state index is 12.8. The molecule has 11 nitrogen and oxygen atoms in total. The summed E-state index contributed by atoms with van der Waals surface area (Å²) in [4.78, 5) is 35.8. The Hall–Kier alpha value is -4.38. The number of piperidine rings is 1. The number of benzene rings is 2. The number of primary amides is 1. The fourth-order valence-corrected chi connectivity index (χ4v) is 4.13. The highest BCUT2D eigenvalue weighted by Gasteiger charge is 2.24. The Labute approximate surface area is 221 Å². The summed E-state index contributed by atoms with van der Waals surface area (Å²) >= 11 is 0. The van der Waals surface area contributed by atoms with E-state index in [-0.39, 0.29) is 23.5 Å². The molecule has 0 bridgehead atoms. The number of anilines is 3. The number of nitrogens with two attached hydrogens (primary N) is 1. The molecule has 1 saturated heterocycles. The minimum Gasteiger partial charge on any atom is -0.497 e. The minimum absolute atomic E-state index is 0.0375. The fourth-order valence-electron chi connectivity index (χ4n) is 4.13. The molecular weight excluding hydrogens is 488 g/mol. The summed E-state index contributed by atoms with van der Waals surface area (Å²) < 4.78 is 15.7. The van der Waals surface area contributed by atoms with Crippen LogP contribution < -0.4 is 30.7 Å². The van der Waals surface area contributed by atoms with Gasteiger partial charge < -0.3 is 35.5 Å². The molecule has 4 N–H and O–H groups in total. The zero-order valence-electron chi connectivity index (χ0n) is 21.5. The van der Waals surface area contributed by atoms with Gasteiger partial charge in [0.05, 0.1) is 19.9 Å². The topological polar surface area (TPSA) is 141 Å². The number of ether oxygens (including phenoxy) is 3. The van der Waals surface area contributed by atoms with Crippen LogP contribution in [-0.2, 0) is 4.74 Å². The van der Waals surface area contributed by atoms with Crippen molar-refractivity contribution < 1.29 is 23.8 Å². The van der Waals surface area contributed by atoms with Gasteiger partial charge in [-0.2, -0.15) is 0 Å². The van der Waals surface area contributed by atoms with Crippen LogP contribution in [0.5, 0.6) is 11.5 Å². The molecular formula is C27H32N6O5. The third-order valence-corrected chi connectivity index (χ3v) is 6.10. The molecule has 1 unspecified atom stereocenters. The van der Waals surface area contributed by atoms with Crippen LogP contribution in [0.2, 0.25) is 0 Å². The predicted molar refractivity (Wildman–Crippen MR) is 143 cm³/mol. The van der Waals surface area contributed by atoms with Crippen molar-refractivity contribution in [1.29, 1.82) is 0 Å². The predicted octanol–water partition coefficient (Wildman–Crippen LogP) is 2.75. The van der Waals surface area contributed by atoms with Crippen LogP contribution in [0.3, 0.4) is 0 Å². The van der Waals surface area contributed by atoms with Crippen LogP contribution >= 0.6 is 0 Å². The molecule has 0 aliphatic carbocycles. The zero-order valence-corrected chi connectivity index (χ0v) is 21.5. The van der Waals surface area contributed by atoms with Gasteiger partial charge in [0.1, 0.15) is 23.9 Å². The number of aromatic nitrogens is 2. The summed E-state index contributed by atoms with van der Waals surface area (Å²) in [6.07, 6.45) is 3.24. The van der Waals surface area contributed by atoms with Crippen LogP contribution in [0, 0.1) is 0 Å². The minimum atomic E-state index is -0.686. The monoisotopic (exact) mass is 520 g/mol. The first-order valence-electron chi connectivity index (χ1n) is 12.3. The second kappa shape index (κ2) is 12.7. The van der Waals surface area contributed by atoms with Gasteiger partial charge in [-0.1, -0.05) is 0 Å². The Kier molecular flexibility index (Phi) is 8.94. The highest BCUT2D eigenvalue weighted by atomic mass is 16.5. The van der Waals surface area contributed by atoms with Crippen molar-refractivity contribution >= 4 is 29.1 Å². The fraction of sp³-hybridized carbons (Fsp3) is 0.333. The van der Waals surface area contributed by atoms with E-state index in [2.05, 4.69) is 20.6 Å². The van der Waals surface area contributed by atoms with Gasteiger partial charge in [0, 0.05) is 37.5 Å². The Morgan fingerprint density at radius 3 is 2.47 bits per heavy atom. The Balaban J connectivity index is 1.44. The summed E-state index contributed by atoms with van der Waals surface area (Å²) in [5, 5.41) is 6.24. The first kappa shape index (κ1) is 26.7. The summed E-state index contributed by atoms with van der Waals surface area (Å²) in [5.41, 5.74) is 6.86. The largest absolute Gasteiger partial charge is 0.497 e. The summed E-state index contributed by atoms with van der Waals surface area (Å²) in [6.45, 7) is 2.23. The van der Waals surface area contributed by atoms with E-state index in [1.807, 2.05) is 17.0 Å². The first-order chi connectivity index (χ1) is 18.5. The summed E-state index contributed by atoms with van der Waals surface area (Å²) in [6, 6.07) is 14.2. The molecule has 1 aliphatic rings. The number of hydrogen-bond donors (Lipinski definition) is 3.